The van der Waals surface area contributed by atoms with Gasteiger partial charge in [0.05, 0.1) is 16.2 Å². The first-order valence-corrected chi connectivity index (χ1v) is 7.95. The average Bonchev–Trinajstić information content (AvgIpc) is 2.61. The van der Waals surface area contributed by atoms with Crippen LogP contribution in [-0.4, -0.2) is 22.3 Å². The highest BCUT2D eigenvalue weighted by Gasteiger charge is 2.12. The number of carbonyl (C=O) groups excluding carboxylic acids is 1. The van der Waals surface area contributed by atoms with E-state index >= 15 is 0 Å². The summed E-state index contributed by atoms with van der Waals surface area (Å²) >= 11 is 1.19. The van der Waals surface area contributed by atoms with Gasteiger partial charge in [-0.05, 0) is 24.5 Å². The van der Waals surface area contributed by atoms with Gasteiger partial charge in [0.1, 0.15) is 6.07 Å². The number of nitriles is 1. The Morgan fingerprint density at radius 3 is 2.52 bits per heavy atom. The Labute approximate surface area is 165 Å². The van der Waals surface area contributed by atoms with E-state index in [4.69, 9.17) is 5.26 Å². The molecule has 0 atom stereocenters. The Kier molecular flexibility index (Phi) is 8.03. The Balaban J connectivity index is 0.00000312. The highest BCUT2D eigenvalue weighted by molar-refractivity contribution is 14.0. The molecule has 0 fully saturated rings. The second kappa shape index (κ2) is 9.75. The lowest BCUT2D eigenvalue weighted by Gasteiger charge is -2.07. The fourth-order valence-corrected chi connectivity index (χ4v) is 2.20. The number of amidine groups is 1. The third kappa shape index (κ3) is 5.54. The molecule has 2 rings (SSSR count). The van der Waals surface area contributed by atoms with Crippen LogP contribution in [0.1, 0.15) is 15.9 Å². The quantitative estimate of drug-likeness (QED) is 0.242. The Hall–Kier alpha value is -2.45. The number of halogens is 1. The summed E-state index contributed by atoms with van der Waals surface area (Å²) in [5, 5.41) is 22.8. The molecule has 0 bridgehead atoms. The lowest BCUT2D eigenvalue weighted by Crippen LogP contribution is -2.28. The molecule has 0 saturated carbocycles. The van der Waals surface area contributed by atoms with Crippen molar-refractivity contribution in [2.24, 2.45) is 4.99 Å². The van der Waals surface area contributed by atoms with Crippen LogP contribution in [0.25, 0.3) is 0 Å². The van der Waals surface area contributed by atoms with Crippen molar-refractivity contribution in [2.45, 2.75) is 0 Å². The third-order valence-electron chi connectivity index (χ3n) is 2.98. The van der Waals surface area contributed by atoms with Crippen LogP contribution in [0.5, 0.6) is 0 Å². The first-order chi connectivity index (χ1) is 11.5. The highest BCUT2D eigenvalue weighted by Crippen LogP contribution is 2.24. The number of benzene rings is 2. The molecule has 0 unspecified atom stereocenters. The summed E-state index contributed by atoms with van der Waals surface area (Å²) in [6.07, 6.45) is 1.72. The Morgan fingerprint density at radius 2 is 1.96 bits per heavy atom. The van der Waals surface area contributed by atoms with Gasteiger partial charge in [-0.15, -0.1) is 24.0 Å². The second-order valence-electron chi connectivity index (χ2n) is 4.51. The van der Waals surface area contributed by atoms with Crippen molar-refractivity contribution >= 4 is 58.2 Å². The van der Waals surface area contributed by atoms with Gasteiger partial charge in [0.25, 0.3) is 11.6 Å². The molecule has 0 heterocycles. The molecule has 128 valence electrons. The van der Waals surface area contributed by atoms with E-state index in [2.05, 4.69) is 10.3 Å². The number of nitro benzene ring substituents is 1. The minimum Gasteiger partial charge on any atom is -0.301 e. The molecule has 2 aromatic carbocycles. The summed E-state index contributed by atoms with van der Waals surface area (Å²) in [4.78, 5) is 26.5. The van der Waals surface area contributed by atoms with Gasteiger partial charge in [0, 0.05) is 17.7 Å². The van der Waals surface area contributed by atoms with Crippen LogP contribution in [0.4, 0.5) is 11.4 Å². The summed E-state index contributed by atoms with van der Waals surface area (Å²) in [6.45, 7) is 0. The normalized spacial score (nSPS) is 10.3. The van der Waals surface area contributed by atoms with Crippen LogP contribution in [0.3, 0.4) is 0 Å². The molecule has 1 amide bonds. The molecular formula is C16H13IN4O3S. The highest BCUT2D eigenvalue weighted by atomic mass is 127. The molecule has 9 heteroatoms. The van der Waals surface area contributed by atoms with Gasteiger partial charge < -0.3 is 5.32 Å². The molecule has 1 N–H and O–H groups in total. The molecule has 0 aliphatic rings. The standard InChI is InChI=1S/C16H12N4O3S.HI/c1-24-16(19-15(21)11-5-3-2-4-6-11)18-14-8-7-13(20(22)23)9-12(14)10-17;/h2-9H,1H3,(H,18,19,21);1H. The number of nitrogens with one attached hydrogen (secondary N) is 1. The van der Waals surface area contributed by atoms with Crippen molar-refractivity contribution in [3.05, 3.63) is 69.8 Å². The van der Waals surface area contributed by atoms with Crippen molar-refractivity contribution < 1.29 is 9.72 Å². The third-order valence-corrected chi connectivity index (χ3v) is 3.56. The number of aliphatic imine (C=N–C) groups is 1. The zero-order valence-corrected chi connectivity index (χ0v) is 16.1. The van der Waals surface area contributed by atoms with Crippen molar-refractivity contribution in [3.63, 3.8) is 0 Å². The zero-order valence-electron chi connectivity index (χ0n) is 13.0. The smallest absolute Gasteiger partial charge is 0.270 e. The molecule has 25 heavy (non-hydrogen) atoms. The van der Waals surface area contributed by atoms with Gasteiger partial charge in [-0.25, -0.2) is 4.99 Å². The number of rotatable bonds is 3. The number of amides is 1. The van der Waals surface area contributed by atoms with E-state index in [9.17, 15) is 14.9 Å². The van der Waals surface area contributed by atoms with Crippen molar-refractivity contribution in [1.82, 2.24) is 5.32 Å². The number of hydrogen-bond donors (Lipinski definition) is 1. The molecular weight excluding hydrogens is 455 g/mol. The monoisotopic (exact) mass is 468 g/mol. The van der Waals surface area contributed by atoms with Gasteiger partial charge in [0.2, 0.25) is 0 Å². The first-order valence-electron chi connectivity index (χ1n) is 6.72. The maximum atomic E-state index is 12.1. The summed E-state index contributed by atoms with van der Waals surface area (Å²) in [6, 6.07) is 14.3. The number of hydrogen-bond acceptors (Lipinski definition) is 6. The van der Waals surface area contributed by atoms with Gasteiger partial charge in [-0.1, -0.05) is 30.0 Å². The van der Waals surface area contributed by atoms with Gasteiger partial charge >= 0.3 is 0 Å². The van der Waals surface area contributed by atoms with Crippen LogP contribution in [0, 0.1) is 21.4 Å². The van der Waals surface area contributed by atoms with E-state index in [1.807, 2.05) is 6.07 Å². The van der Waals surface area contributed by atoms with E-state index in [0.717, 1.165) is 6.07 Å². The van der Waals surface area contributed by atoms with E-state index < -0.39 is 4.92 Å². The molecule has 0 aliphatic heterocycles. The van der Waals surface area contributed by atoms with Crippen molar-refractivity contribution in [3.8, 4) is 6.07 Å². The molecule has 0 spiro atoms. The number of nitro groups is 1. The molecule has 0 aromatic heterocycles. The maximum absolute atomic E-state index is 12.1. The summed E-state index contributed by atoms with van der Waals surface area (Å²) < 4.78 is 0. The predicted molar refractivity (Wildman–Crippen MR) is 108 cm³/mol. The molecule has 0 aliphatic carbocycles. The van der Waals surface area contributed by atoms with E-state index in [1.54, 1.807) is 36.6 Å². The van der Waals surface area contributed by atoms with Crippen molar-refractivity contribution in [1.29, 1.82) is 5.26 Å². The Morgan fingerprint density at radius 1 is 1.28 bits per heavy atom. The summed E-state index contributed by atoms with van der Waals surface area (Å²) in [7, 11) is 0. The minimum absolute atomic E-state index is 0. The van der Waals surface area contributed by atoms with Gasteiger partial charge in [-0.2, -0.15) is 5.26 Å². The molecule has 7 nitrogen and oxygen atoms in total. The summed E-state index contributed by atoms with van der Waals surface area (Å²) in [5.74, 6) is -0.330. The van der Waals surface area contributed by atoms with Gasteiger partial charge in [-0.3, -0.25) is 14.9 Å². The van der Waals surface area contributed by atoms with Gasteiger partial charge in [0.15, 0.2) is 5.17 Å². The molecule has 0 saturated heterocycles. The topological polar surface area (TPSA) is 108 Å². The largest absolute Gasteiger partial charge is 0.301 e. The van der Waals surface area contributed by atoms with Crippen LogP contribution in [0.2, 0.25) is 0 Å². The van der Waals surface area contributed by atoms with Crippen LogP contribution < -0.4 is 5.32 Å². The minimum atomic E-state index is -0.582. The zero-order chi connectivity index (χ0) is 17.5. The maximum Gasteiger partial charge on any atom is 0.270 e. The first kappa shape index (κ1) is 20.6. The van der Waals surface area contributed by atoms with Crippen LogP contribution in [-0.2, 0) is 0 Å². The van der Waals surface area contributed by atoms with Crippen molar-refractivity contribution in [2.75, 3.05) is 6.26 Å². The molecule has 0 radical (unpaired) electrons. The fraction of sp³-hybridized carbons (Fsp3) is 0.0625. The SMILES string of the molecule is CSC(=Nc1ccc([N+](=O)[O-])cc1C#N)NC(=O)c1ccccc1.I. The second-order valence-corrected chi connectivity index (χ2v) is 5.31. The predicted octanol–water partition coefficient (Wildman–Crippen LogP) is 3.86. The molecule has 2 aromatic rings. The van der Waals surface area contributed by atoms with Crippen LogP contribution >= 0.6 is 35.7 Å². The lowest BCUT2D eigenvalue weighted by molar-refractivity contribution is -0.384. The number of thioether (sulfide) groups is 1. The number of nitrogens with zero attached hydrogens (tertiary/aromatic N) is 3. The number of non-ortho nitro benzene ring substituents is 1. The summed E-state index contributed by atoms with van der Waals surface area (Å²) in [5.41, 5.74) is 0.596. The lowest BCUT2D eigenvalue weighted by atomic mass is 10.2. The number of carbonyl (C=O) groups is 1. The fourth-order valence-electron chi connectivity index (χ4n) is 1.82. The van der Waals surface area contributed by atoms with E-state index in [1.165, 1.54) is 23.9 Å². The average molecular weight is 468 g/mol. The van der Waals surface area contributed by atoms with E-state index in [0.29, 0.717) is 5.56 Å². The van der Waals surface area contributed by atoms with E-state index in [-0.39, 0.29) is 52.0 Å². The Bertz CT molecular complexity index is 850. The van der Waals surface area contributed by atoms with Crippen LogP contribution in [0.15, 0.2) is 53.5 Å².